The minimum Gasteiger partial charge on any atom is -0.338 e. The van der Waals surface area contributed by atoms with Crippen LogP contribution in [0.4, 0.5) is 0 Å². The Bertz CT molecular complexity index is 381. The summed E-state index contributed by atoms with van der Waals surface area (Å²) in [5.41, 5.74) is -0.160. The van der Waals surface area contributed by atoms with Crippen molar-refractivity contribution in [1.29, 1.82) is 0 Å². The van der Waals surface area contributed by atoms with Crippen LogP contribution in [-0.2, 0) is 14.6 Å². The molecule has 1 aliphatic heterocycles. The molecule has 0 bridgehead atoms. The van der Waals surface area contributed by atoms with E-state index < -0.39 is 9.84 Å². The minimum atomic E-state index is -2.83. The van der Waals surface area contributed by atoms with Crippen LogP contribution in [0, 0.1) is 5.92 Å². The first-order valence-corrected chi connectivity index (χ1v) is 8.49. The van der Waals surface area contributed by atoms with Crippen LogP contribution in [0.15, 0.2) is 0 Å². The second-order valence-electron chi connectivity index (χ2n) is 6.11. The third-order valence-corrected chi connectivity index (χ3v) is 5.28. The standard InChI is InChI=1S/C13H25NO3S/c1-5-14(13(2,3)4)12(15)10-11-6-8-18(16,17)9-7-11/h11H,5-10H2,1-4H3. The Balaban J connectivity index is 2.55. The van der Waals surface area contributed by atoms with Crippen LogP contribution in [0.5, 0.6) is 0 Å². The van der Waals surface area contributed by atoms with Crippen molar-refractivity contribution in [2.75, 3.05) is 18.1 Å². The lowest BCUT2D eigenvalue weighted by Gasteiger charge is -2.36. The van der Waals surface area contributed by atoms with Gasteiger partial charge in [-0.25, -0.2) is 8.42 Å². The van der Waals surface area contributed by atoms with Gasteiger partial charge in [0.05, 0.1) is 11.5 Å². The maximum atomic E-state index is 12.2. The number of carbonyl (C=O) groups excluding carboxylic acids is 1. The van der Waals surface area contributed by atoms with Crippen molar-refractivity contribution in [3.8, 4) is 0 Å². The maximum absolute atomic E-state index is 12.2. The number of rotatable bonds is 3. The highest BCUT2D eigenvalue weighted by Crippen LogP contribution is 2.24. The van der Waals surface area contributed by atoms with Crippen LogP contribution in [-0.4, -0.2) is 42.8 Å². The normalized spacial score (nSPS) is 20.7. The van der Waals surface area contributed by atoms with E-state index in [1.165, 1.54) is 0 Å². The summed E-state index contributed by atoms with van der Waals surface area (Å²) in [7, 11) is -2.83. The fourth-order valence-electron chi connectivity index (χ4n) is 2.52. The Kier molecular flexibility index (Phi) is 4.81. The van der Waals surface area contributed by atoms with Gasteiger partial charge in [0.2, 0.25) is 5.91 Å². The average molecular weight is 275 g/mol. The Morgan fingerprint density at radius 2 is 1.72 bits per heavy atom. The van der Waals surface area contributed by atoms with Gasteiger partial charge in [-0.15, -0.1) is 0 Å². The largest absolute Gasteiger partial charge is 0.338 e. The van der Waals surface area contributed by atoms with Crippen LogP contribution in [0.2, 0.25) is 0 Å². The third kappa shape index (κ3) is 4.26. The lowest BCUT2D eigenvalue weighted by Crippen LogP contribution is -2.46. The van der Waals surface area contributed by atoms with Crippen LogP contribution in [0.25, 0.3) is 0 Å². The summed E-state index contributed by atoms with van der Waals surface area (Å²) in [4.78, 5) is 14.1. The zero-order valence-corrected chi connectivity index (χ0v) is 12.7. The summed E-state index contributed by atoms with van der Waals surface area (Å²) in [6.45, 7) is 8.76. The summed E-state index contributed by atoms with van der Waals surface area (Å²) >= 11 is 0. The number of hydrogen-bond donors (Lipinski definition) is 0. The first-order valence-electron chi connectivity index (χ1n) is 6.66. The smallest absolute Gasteiger partial charge is 0.223 e. The van der Waals surface area contributed by atoms with Crippen molar-refractivity contribution < 1.29 is 13.2 Å². The molecule has 1 saturated heterocycles. The summed E-state index contributed by atoms with van der Waals surface area (Å²) in [5.74, 6) is 0.867. The first-order chi connectivity index (χ1) is 8.15. The van der Waals surface area contributed by atoms with Gasteiger partial charge in [-0.1, -0.05) is 0 Å². The van der Waals surface area contributed by atoms with E-state index in [-0.39, 0.29) is 28.9 Å². The van der Waals surface area contributed by atoms with Gasteiger partial charge in [0.25, 0.3) is 0 Å². The molecule has 4 nitrogen and oxygen atoms in total. The van der Waals surface area contributed by atoms with Crippen molar-refractivity contribution in [2.24, 2.45) is 5.92 Å². The molecule has 0 radical (unpaired) electrons. The fraction of sp³-hybridized carbons (Fsp3) is 0.923. The van der Waals surface area contributed by atoms with Crippen LogP contribution in [0.1, 0.15) is 47.0 Å². The molecule has 18 heavy (non-hydrogen) atoms. The summed E-state index contributed by atoms with van der Waals surface area (Å²) < 4.78 is 22.7. The van der Waals surface area contributed by atoms with Crippen molar-refractivity contribution in [2.45, 2.75) is 52.5 Å². The average Bonchev–Trinajstić information content (AvgIpc) is 2.20. The highest BCUT2D eigenvalue weighted by molar-refractivity contribution is 7.91. The highest BCUT2D eigenvalue weighted by atomic mass is 32.2. The zero-order valence-electron chi connectivity index (χ0n) is 11.9. The van der Waals surface area contributed by atoms with Gasteiger partial charge in [0, 0.05) is 18.5 Å². The van der Waals surface area contributed by atoms with E-state index in [4.69, 9.17) is 0 Å². The Morgan fingerprint density at radius 3 is 2.11 bits per heavy atom. The summed E-state index contributed by atoms with van der Waals surface area (Å²) in [6, 6.07) is 0. The molecule has 1 amide bonds. The van der Waals surface area contributed by atoms with Crippen LogP contribution in [0.3, 0.4) is 0 Å². The maximum Gasteiger partial charge on any atom is 0.223 e. The van der Waals surface area contributed by atoms with E-state index >= 15 is 0 Å². The number of sulfone groups is 1. The lowest BCUT2D eigenvalue weighted by atomic mass is 9.96. The van der Waals surface area contributed by atoms with E-state index in [2.05, 4.69) is 0 Å². The first kappa shape index (κ1) is 15.5. The molecule has 5 heteroatoms. The highest BCUT2D eigenvalue weighted by Gasteiger charge is 2.29. The number of nitrogens with zero attached hydrogens (tertiary/aromatic N) is 1. The number of hydrogen-bond acceptors (Lipinski definition) is 3. The SMILES string of the molecule is CCN(C(=O)CC1CCS(=O)(=O)CC1)C(C)(C)C. The molecule has 0 aromatic carbocycles. The zero-order chi connectivity index (χ0) is 14.0. The Labute approximate surface area is 111 Å². The molecule has 1 aliphatic rings. The van der Waals surface area contributed by atoms with E-state index in [1.807, 2.05) is 32.6 Å². The van der Waals surface area contributed by atoms with Crippen molar-refractivity contribution in [1.82, 2.24) is 4.90 Å². The molecule has 1 rings (SSSR count). The van der Waals surface area contributed by atoms with E-state index in [0.717, 1.165) is 0 Å². The van der Waals surface area contributed by atoms with Crippen LogP contribution < -0.4 is 0 Å². The molecule has 1 heterocycles. The van der Waals surface area contributed by atoms with E-state index in [9.17, 15) is 13.2 Å². The molecule has 0 aliphatic carbocycles. The molecule has 0 saturated carbocycles. The fourth-order valence-corrected chi connectivity index (χ4v) is 4.11. The Hall–Kier alpha value is -0.580. The van der Waals surface area contributed by atoms with Crippen molar-refractivity contribution >= 4 is 15.7 Å². The van der Waals surface area contributed by atoms with E-state index in [0.29, 0.717) is 25.8 Å². The molecule has 0 unspecified atom stereocenters. The topological polar surface area (TPSA) is 54.5 Å². The lowest BCUT2D eigenvalue weighted by molar-refractivity contribution is -0.136. The molecule has 0 N–H and O–H groups in total. The molecule has 1 fully saturated rings. The molecule has 0 aromatic rings. The van der Waals surface area contributed by atoms with E-state index in [1.54, 1.807) is 0 Å². The van der Waals surface area contributed by atoms with Gasteiger partial charge in [0.15, 0.2) is 0 Å². The number of carbonyl (C=O) groups is 1. The van der Waals surface area contributed by atoms with Gasteiger partial charge < -0.3 is 4.90 Å². The van der Waals surface area contributed by atoms with Gasteiger partial charge >= 0.3 is 0 Å². The minimum absolute atomic E-state index is 0.147. The molecular weight excluding hydrogens is 250 g/mol. The predicted molar refractivity (Wildman–Crippen MR) is 73.1 cm³/mol. The van der Waals surface area contributed by atoms with Gasteiger partial charge in [0.1, 0.15) is 9.84 Å². The van der Waals surface area contributed by atoms with Gasteiger partial charge in [-0.05, 0) is 46.5 Å². The number of amides is 1. The summed E-state index contributed by atoms with van der Waals surface area (Å²) in [5, 5.41) is 0. The second kappa shape index (κ2) is 5.59. The van der Waals surface area contributed by atoms with Gasteiger partial charge in [-0.2, -0.15) is 0 Å². The molecule has 0 aromatic heterocycles. The third-order valence-electron chi connectivity index (χ3n) is 3.56. The van der Waals surface area contributed by atoms with Gasteiger partial charge in [-0.3, -0.25) is 4.79 Å². The molecule has 0 atom stereocenters. The second-order valence-corrected chi connectivity index (χ2v) is 8.41. The summed E-state index contributed by atoms with van der Waals surface area (Å²) in [6.07, 6.45) is 1.76. The predicted octanol–water partition coefficient (Wildman–Crippen LogP) is 1.85. The molecular formula is C13H25NO3S. The van der Waals surface area contributed by atoms with Crippen LogP contribution >= 0.6 is 0 Å². The molecule has 106 valence electrons. The quantitative estimate of drug-likeness (QED) is 0.790. The molecule has 0 spiro atoms. The monoisotopic (exact) mass is 275 g/mol. The van der Waals surface area contributed by atoms with Crippen molar-refractivity contribution in [3.63, 3.8) is 0 Å². The van der Waals surface area contributed by atoms with Crippen molar-refractivity contribution in [3.05, 3.63) is 0 Å². The Morgan fingerprint density at radius 1 is 1.22 bits per heavy atom.